The molecule has 1 amide bonds. The fraction of sp³-hybridized carbons (Fsp3) is 0.588. The van der Waals surface area contributed by atoms with E-state index in [-0.39, 0.29) is 12.0 Å². The summed E-state index contributed by atoms with van der Waals surface area (Å²) in [5.41, 5.74) is 1.24. The van der Waals surface area contributed by atoms with Crippen LogP contribution in [-0.2, 0) is 16.0 Å². The van der Waals surface area contributed by atoms with E-state index in [1.54, 1.807) is 0 Å². The Balaban J connectivity index is 1.51. The predicted molar refractivity (Wildman–Crippen MR) is 78.4 cm³/mol. The largest absolute Gasteiger partial charge is 0.373 e. The molecule has 0 aliphatic carbocycles. The summed E-state index contributed by atoms with van der Waals surface area (Å²) >= 11 is 0. The lowest BCUT2D eigenvalue weighted by atomic mass is 9.92. The van der Waals surface area contributed by atoms with Crippen molar-refractivity contribution in [3.63, 3.8) is 0 Å². The lowest BCUT2D eigenvalue weighted by Gasteiger charge is -2.34. The van der Waals surface area contributed by atoms with Crippen LogP contribution in [0.3, 0.4) is 0 Å². The van der Waals surface area contributed by atoms with Crippen LogP contribution in [0.25, 0.3) is 0 Å². The number of carbonyl (C=O) groups is 1. The minimum Gasteiger partial charge on any atom is -0.373 e. The highest BCUT2D eigenvalue weighted by Crippen LogP contribution is 2.33. The Morgan fingerprint density at radius 1 is 1.35 bits per heavy atom. The number of hydrogen-bond acceptors (Lipinski definition) is 2. The molecule has 3 atom stereocenters. The maximum Gasteiger partial charge on any atom is 0.222 e. The number of carbonyl (C=O) groups excluding carboxylic acids is 1. The molecule has 3 heteroatoms. The third kappa shape index (κ3) is 3.04. The maximum absolute atomic E-state index is 12.3. The van der Waals surface area contributed by atoms with Crippen LogP contribution < -0.4 is 0 Å². The zero-order chi connectivity index (χ0) is 13.9. The van der Waals surface area contributed by atoms with Gasteiger partial charge in [-0.25, -0.2) is 0 Å². The van der Waals surface area contributed by atoms with Gasteiger partial charge in [0.15, 0.2) is 0 Å². The number of fused-ring (bicyclic) bond motifs is 1. The summed E-state index contributed by atoms with van der Waals surface area (Å²) in [6, 6.07) is 10.2. The number of ether oxygens (including phenoxy) is 1. The lowest BCUT2D eigenvalue weighted by Crippen LogP contribution is -2.45. The second kappa shape index (κ2) is 5.96. The average molecular weight is 273 g/mol. The van der Waals surface area contributed by atoms with E-state index >= 15 is 0 Å². The summed E-state index contributed by atoms with van der Waals surface area (Å²) in [7, 11) is 0. The van der Waals surface area contributed by atoms with Gasteiger partial charge in [-0.1, -0.05) is 30.3 Å². The van der Waals surface area contributed by atoms with Gasteiger partial charge in [-0.3, -0.25) is 4.79 Å². The van der Waals surface area contributed by atoms with Crippen molar-refractivity contribution in [1.82, 2.24) is 4.90 Å². The first kappa shape index (κ1) is 13.6. The molecule has 2 fully saturated rings. The fourth-order valence-electron chi connectivity index (χ4n) is 3.45. The number of amides is 1. The van der Waals surface area contributed by atoms with Crippen LogP contribution in [-0.4, -0.2) is 36.1 Å². The Bertz CT molecular complexity index is 459. The van der Waals surface area contributed by atoms with E-state index in [4.69, 9.17) is 4.74 Å². The van der Waals surface area contributed by atoms with Gasteiger partial charge in [0.25, 0.3) is 0 Å². The molecule has 1 aromatic carbocycles. The van der Waals surface area contributed by atoms with Crippen LogP contribution in [0.2, 0.25) is 0 Å². The molecule has 0 radical (unpaired) electrons. The van der Waals surface area contributed by atoms with Crippen molar-refractivity contribution in [3.8, 4) is 0 Å². The van der Waals surface area contributed by atoms with Gasteiger partial charge in [-0.2, -0.15) is 0 Å². The van der Waals surface area contributed by atoms with Crippen LogP contribution in [0.4, 0.5) is 0 Å². The topological polar surface area (TPSA) is 29.5 Å². The van der Waals surface area contributed by atoms with Gasteiger partial charge in [-0.05, 0) is 37.7 Å². The Kier molecular flexibility index (Phi) is 4.06. The average Bonchev–Trinajstić information content (AvgIpc) is 2.85. The van der Waals surface area contributed by atoms with Crippen LogP contribution in [0, 0.1) is 5.92 Å². The van der Waals surface area contributed by atoms with Crippen molar-refractivity contribution in [2.45, 2.75) is 44.8 Å². The first-order valence-electron chi connectivity index (χ1n) is 7.69. The highest BCUT2D eigenvalue weighted by Gasteiger charge is 2.38. The van der Waals surface area contributed by atoms with Crippen LogP contribution >= 0.6 is 0 Å². The molecule has 0 aromatic heterocycles. The van der Waals surface area contributed by atoms with E-state index in [1.807, 2.05) is 23.1 Å². The smallest absolute Gasteiger partial charge is 0.222 e. The molecule has 2 aliphatic heterocycles. The van der Waals surface area contributed by atoms with Crippen molar-refractivity contribution in [1.29, 1.82) is 0 Å². The number of benzene rings is 1. The first-order valence-corrected chi connectivity index (χ1v) is 7.69. The van der Waals surface area contributed by atoms with Crippen molar-refractivity contribution in [3.05, 3.63) is 35.9 Å². The molecule has 1 aromatic rings. The third-order valence-electron chi connectivity index (χ3n) is 4.56. The molecule has 0 unspecified atom stereocenters. The Hall–Kier alpha value is -1.35. The molecule has 3 nitrogen and oxygen atoms in total. The van der Waals surface area contributed by atoms with E-state index in [0.717, 1.165) is 32.4 Å². The summed E-state index contributed by atoms with van der Waals surface area (Å²) in [4.78, 5) is 14.3. The van der Waals surface area contributed by atoms with Gasteiger partial charge in [0.05, 0.1) is 12.2 Å². The quantitative estimate of drug-likeness (QED) is 0.847. The number of hydrogen-bond donors (Lipinski definition) is 0. The molecular weight excluding hydrogens is 250 g/mol. The predicted octanol–water partition coefficient (Wildman–Crippen LogP) is 2.65. The fourth-order valence-corrected chi connectivity index (χ4v) is 3.45. The zero-order valence-corrected chi connectivity index (χ0v) is 12.1. The monoisotopic (exact) mass is 273 g/mol. The Morgan fingerprint density at radius 3 is 2.95 bits per heavy atom. The standard InChI is InChI=1S/C17H23NO2/c1-13-11-15-9-10-18(12-16(15)20-13)17(19)8-7-14-5-3-2-4-6-14/h2-6,13,15-16H,7-12H2,1H3/t13-,15-,16+/m0/s1. The van der Waals surface area contributed by atoms with E-state index < -0.39 is 0 Å². The van der Waals surface area contributed by atoms with E-state index in [0.29, 0.717) is 18.4 Å². The highest BCUT2D eigenvalue weighted by atomic mass is 16.5. The normalized spacial score (nSPS) is 29.2. The summed E-state index contributed by atoms with van der Waals surface area (Å²) in [6.07, 6.45) is 4.35. The molecule has 2 heterocycles. The minimum atomic E-state index is 0.274. The molecule has 0 N–H and O–H groups in total. The summed E-state index contributed by atoms with van der Waals surface area (Å²) < 4.78 is 5.91. The molecule has 0 saturated carbocycles. The van der Waals surface area contributed by atoms with E-state index in [1.165, 1.54) is 5.56 Å². The minimum absolute atomic E-state index is 0.274. The van der Waals surface area contributed by atoms with Gasteiger partial charge in [-0.15, -0.1) is 0 Å². The molecule has 0 spiro atoms. The SMILES string of the molecule is C[C@H]1C[C@@H]2CCN(C(=O)CCc3ccccc3)C[C@H]2O1. The van der Waals surface area contributed by atoms with E-state index in [9.17, 15) is 4.79 Å². The van der Waals surface area contributed by atoms with Crippen molar-refractivity contribution in [2.24, 2.45) is 5.92 Å². The van der Waals surface area contributed by atoms with Gasteiger partial charge in [0, 0.05) is 19.5 Å². The summed E-state index contributed by atoms with van der Waals surface area (Å²) in [6.45, 7) is 3.84. The Morgan fingerprint density at radius 2 is 2.15 bits per heavy atom. The summed E-state index contributed by atoms with van der Waals surface area (Å²) in [5, 5.41) is 0. The molecule has 3 rings (SSSR count). The van der Waals surface area contributed by atoms with Gasteiger partial charge < -0.3 is 9.64 Å². The van der Waals surface area contributed by atoms with Crippen molar-refractivity contribution in [2.75, 3.05) is 13.1 Å². The molecule has 20 heavy (non-hydrogen) atoms. The lowest BCUT2D eigenvalue weighted by molar-refractivity contribution is -0.135. The van der Waals surface area contributed by atoms with Gasteiger partial charge in [0.1, 0.15) is 0 Å². The van der Waals surface area contributed by atoms with Crippen LogP contribution in [0.5, 0.6) is 0 Å². The second-order valence-corrected chi connectivity index (χ2v) is 6.09. The molecule has 2 saturated heterocycles. The molecule has 2 aliphatic rings. The second-order valence-electron chi connectivity index (χ2n) is 6.09. The number of aryl methyl sites for hydroxylation is 1. The Labute approximate surface area is 120 Å². The van der Waals surface area contributed by atoms with Crippen molar-refractivity contribution < 1.29 is 9.53 Å². The van der Waals surface area contributed by atoms with E-state index in [2.05, 4.69) is 19.1 Å². The van der Waals surface area contributed by atoms with Gasteiger partial charge >= 0.3 is 0 Å². The van der Waals surface area contributed by atoms with Gasteiger partial charge in [0.2, 0.25) is 5.91 Å². The maximum atomic E-state index is 12.3. The highest BCUT2D eigenvalue weighted by molar-refractivity contribution is 5.76. The number of piperidine rings is 1. The third-order valence-corrected chi connectivity index (χ3v) is 4.56. The number of rotatable bonds is 3. The number of likely N-dealkylation sites (tertiary alicyclic amines) is 1. The molecule has 0 bridgehead atoms. The molecule has 108 valence electrons. The zero-order valence-electron chi connectivity index (χ0n) is 12.1. The van der Waals surface area contributed by atoms with Crippen LogP contribution in [0.15, 0.2) is 30.3 Å². The first-order chi connectivity index (χ1) is 9.72. The molecular formula is C17H23NO2. The number of nitrogens with zero attached hydrogens (tertiary/aromatic N) is 1. The van der Waals surface area contributed by atoms with Crippen LogP contribution in [0.1, 0.15) is 31.7 Å². The van der Waals surface area contributed by atoms with Crippen molar-refractivity contribution >= 4 is 5.91 Å². The summed E-state index contributed by atoms with van der Waals surface area (Å²) in [5.74, 6) is 0.943.